The molecule has 0 fully saturated rings. The molecule has 0 radical (unpaired) electrons. The minimum Gasteiger partial charge on any atom is -0.384 e. The van der Waals surface area contributed by atoms with E-state index in [-0.39, 0.29) is 5.91 Å². The Morgan fingerprint density at radius 1 is 1.21 bits per heavy atom. The SMILES string of the molecule is CC(C)CCNC(=O)c1cncc(NCC(C)C)c1. The molecular weight excluding hydrogens is 238 g/mol. The highest BCUT2D eigenvalue weighted by Gasteiger charge is 2.07. The Balaban J connectivity index is 2.52. The quantitative estimate of drug-likeness (QED) is 0.795. The summed E-state index contributed by atoms with van der Waals surface area (Å²) in [6, 6.07) is 1.85. The number of rotatable bonds is 7. The van der Waals surface area contributed by atoms with Gasteiger partial charge in [-0.05, 0) is 24.3 Å². The molecule has 0 bridgehead atoms. The van der Waals surface area contributed by atoms with E-state index in [9.17, 15) is 4.79 Å². The summed E-state index contributed by atoms with van der Waals surface area (Å²) in [5, 5.41) is 6.19. The van der Waals surface area contributed by atoms with Crippen LogP contribution in [0.15, 0.2) is 18.5 Å². The number of amides is 1. The van der Waals surface area contributed by atoms with Crippen molar-refractivity contribution in [3.05, 3.63) is 24.0 Å². The third-order valence-electron chi connectivity index (χ3n) is 2.72. The van der Waals surface area contributed by atoms with Crippen LogP contribution in [-0.4, -0.2) is 24.0 Å². The number of carbonyl (C=O) groups is 1. The molecule has 0 aromatic carbocycles. The minimum absolute atomic E-state index is 0.0543. The van der Waals surface area contributed by atoms with Gasteiger partial charge in [0.2, 0.25) is 0 Å². The number of hydrogen-bond acceptors (Lipinski definition) is 3. The maximum absolute atomic E-state index is 11.9. The molecule has 0 saturated carbocycles. The summed E-state index contributed by atoms with van der Waals surface area (Å²) in [6.45, 7) is 10.2. The molecule has 4 nitrogen and oxygen atoms in total. The van der Waals surface area contributed by atoms with Crippen molar-refractivity contribution in [3.63, 3.8) is 0 Å². The number of aromatic nitrogens is 1. The average molecular weight is 263 g/mol. The zero-order chi connectivity index (χ0) is 14.3. The Kier molecular flexibility index (Phi) is 6.33. The van der Waals surface area contributed by atoms with E-state index in [1.54, 1.807) is 12.4 Å². The normalized spacial score (nSPS) is 10.8. The van der Waals surface area contributed by atoms with E-state index in [2.05, 4.69) is 43.3 Å². The summed E-state index contributed by atoms with van der Waals surface area (Å²) in [6.07, 6.45) is 4.34. The Hall–Kier alpha value is -1.58. The van der Waals surface area contributed by atoms with Crippen molar-refractivity contribution >= 4 is 11.6 Å². The lowest BCUT2D eigenvalue weighted by Gasteiger charge is -2.10. The van der Waals surface area contributed by atoms with Crippen LogP contribution in [0.2, 0.25) is 0 Å². The molecular formula is C15H25N3O. The molecule has 0 saturated heterocycles. The van der Waals surface area contributed by atoms with Crippen LogP contribution < -0.4 is 10.6 Å². The fourth-order valence-corrected chi connectivity index (χ4v) is 1.56. The second-order valence-corrected chi connectivity index (χ2v) is 5.68. The Bertz CT molecular complexity index is 402. The predicted octanol–water partition coefficient (Wildman–Crippen LogP) is 2.93. The molecule has 1 heterocycles. The van der Waals surface area contributed by atoms with E-state index >= 15 is 0 Å². The molecule has 1 aromatic rings. The van der Waals surface area contributed by atoms with Crippen molar-refractivity contribution in [2.24, 2.45) is 11.8 Å². The van der Waals surface area contributed by atoms with Crippen LogP contribution in [-0.2, 0) is 0 Å². The van der Waals surface area contributed by atoms with Crippen molar-refractivity contribution in [3.8, 4) is 0 Å². The van der Waals surface area contributed by atoms with Gasteiger partial charge in [0.25, 0.3) is 5.91 Å². The first-order valence-electron chi connectivity index (χ1n) is 6.96. The second-order valence-electron chi connectivity index (χ2n) is 5.68. The zero-order valence-corrected chi connectivity index (χ0v) is 12.4. The third-order valence-corrected chi connectivity index (χ3v) is 2.72. The largest absolute Gasteiger partial charge is 0.384 e. The molecule has 4 heteroatoms. The predicted molar refractivity (Wildman–Crippen MR) is 79.4 cm³/mol. The van der Waals surface area contributed by atoms with Gasteiger partial charge in [0.05, 0.1) is 11.3 Å². The molecule has 0 aliphatic carbocycles. The number of nitrogens with zero attached hydrogens (tertiary/aromatic N) is 1. The second kappa shape index (κ2) is 7.77. The number of nitrogens with one attached hydrogen (secondary N) is 2. The van der Waals surface area contributed by atoms with Crippen molar-refractivity contribution in [2.45, 2.75) is 34.1 Å². The van der Waals surface area contributed by atoms with E-state index in [0.29, 0.717) is 23.9 Å². The molecule has 1 aromatic heterocycles. The van der Waals surface area contributed by atoms with Gasteiger partial charge >= 0.3 is 0 Å². The lowest BCUT2D eigenvalue weighted by atomic mass is 10.1. The van der Waals surface area contributed by atoms with Crippen LogP contribution in [0, 0.1) is 11.8 Å². The highest BCUT2D eigenvalue weighted by atomic mass is 16.1. The van der Waals surface area contributed by atoms with E-state index in [4.69, 9.17) is 0 Å². The van der Waals surface area contributed by atoms with Gasteiger partial charge in [0, 0.05) is 25.5 Å². The molecule has 106 valence electrons. The Morgan fingerprint density at radius 3 is 2.58 bits per heavy atom. The van der Waals surface area contributed by atoms with Gasteiger partial charge in [-0.2, -0.15) is 0 Å². The van der Waals surface area contributed by atoms with Gasteiger partial charge in [0.15, 0.2) is 0 Å². The summed E-state index contributed by atoms with van der Waals surface area (Å²) >= 11 is 0. The van der Waals surface area contributed by atoms with Crippen LogP contribution in [0.4, 0.5) is 5.69 Å². The van der Waals surface area contributed by atoms with E-state index in [1.807, 2.05) is 6.07 Å². The summed E-state index contributed by atoms with van der Waals surface area (Å²) < 4.78 is 0. The summed E-state index contributed by atoms with van der Waals surface area (Å²) in [7, 11) is 0. The molecule has 0 atom stereocenters. The van der Waals surface area contributed by atoms with Crippen LogP contribution in [0.5, 0.6) is 0 Å². The standard InChI is InChI=1S/C15H25N3O/c1-11(2)5-6-17-15(19)13-7-14(10-16-9-13)18-8-12(3)4/h7,9-12,18H,5-6,8H2,1-4H3,(H,17,19). The van der Waals surface area contributed by atoms with Gasteiger partial charge in [-0.1, -0.05) is 27.7 Å². The van der Waals surface area contributed by atoms with Gasteiger partial charge < -0.3 is 10.6 Å². The van der Waals surface area contributed by atoms with Gasteiger partial charge in [0.1, 0.15) is 0 Å². The highest BCUT2D eigenvalue weighted by molar-refractivity contribution is 5.94. The van der Waals surface area contributed by atoms with Crippen LogP contribution >= 0.6 is 0 Å². The number of anilines is 1. The van der Waals surface area contributed by atoms with Gasteiger partial charge in [-0.3, -0.25) is 9.78 Å². The zero-order valence-electron chi connectivity index (χ0n) is 12.4. The van der Waals surface area contributed by atoms with E-state index in [1.165, 1.54) is 0 Å². The Labute approximate surface area is 116 Å². The van der Waals surface area contributed by atoms with Crippen molar-refractivity contribution < 1.29 is 4.79 Å². The summed E-state index contributed by atoms with van der Waals surface area (Å²) in [4.78, 5) is 16.0. The van der Waals surface area contributed by atoms with E-state index in [0.717, 1.165) is 18.7 Å². The molecule has 2 N–H and O–H groups in total. The maximum Gasteiger partial charge on any atom is 0.252 e. The number of carbonyl (C=O) groups excluding carboxylic acids is 1. The molecule has 1 amide bonds. The summed E-state index contributed by atoms with van der Waals surface area (Å²) in [5.74, 6) is 1.10. The number of hydrogen-bond donors (Lipinski definition) is 2. The fourth-order valence-electron chi connectivity index (χ4n) is 1.56. The molecule has 0 unspecified atom stereocenters. The summed E-state index contributed by atoms with van der Waals surface area (Å²) in [5.41, 5.74) is 1.50. The molecule has 0 aliphatic heterocycles. The van der Waals surface area contributed by atoms with Gasteiger partial charge in [-0.25, -0.2) is 0 Å². The highest BCUT2D eigenvalue weighted by Crippen LogP contribution is 2.09. The smallest absolute Gasteiger partial charge is 0.252 e. The molecule has 0 aliphatic rings. The first-order chi connectivity index (χ1) is 8.99. The Morgan fingerprint density at radius 2 is 1.95 bits per heavy atom. The van der Waals surface area contributed by atoms with Gasteiger partial charge in [-0.15, -0.1) is 0 Å². The number of pyridine rings is 1. The monoisotopic (exact) mass is 263 g/mol. The van der Waals surface area contributed by atoms with Crippen molar-refractivity contribution in [1.82, 2.24) is 10.3 Å². The lowest BCUT2D eigenvalue weighted by Crippen LogP contribution is -2.25. The van der Waals surface area contributed by atoms with Crippen molar-refractivity contribution in [1.29, 1.82) is 0 Å². The average Bonchev–Trinajstić information content (AvgIpc) is 2.36. The molecule has 19 heavy (non-hydrogen) atoms. The third kappa shape index (κ3) is 6.22. The minimum atomic E-state index is -0.0543. The molecule has 0 spiro atoms. The fraction of sp³-hybridized carbons (Fsp3) is 0.600. The van der Waals surface area contributed by atoms with Crippen LogP contribution in [0.1, 0.15) is 44.5 Å². The first kappa shape index (κ1) is 15.5. The topological polar surface area (TPSA) is 54.0 Å². The van der Waals surface area contributed by atoms with Crippen LogP contribution in [0.25, 0.3) is 0 Å². The molecule has 1 rings (SSSR count). The lowest BCUT2D eigenvalue weighted by molar-refractivity contribution is 0.0951. The van der Waals surface area contributed by atoms with Crippen molar-refractivity contribution in [2.75, 3.05) is 18.4 Å². The van der Waals surface area contributed by atoms with Crippen LogP contribution in [0.3, 0.4) is 0 Å². The van der Waals surface area contributed by atoms with E-state index < -0.39 is 0 Å². The maximum atomic E-state index is 11.9. The first-order valence-corrected chi connectivity index (χ1v) is 6.96.